The van der Waals surface area contributed by atoms with E-state index in [0.717, 1.165) is 17.8 Å². The van der Waals surface area contributed by atoms with Gasteiger partial charge in [-0.1, -0.05) is 19.1 Å². The van der Waals surface area contributed by atoms with Gasteiger partial charge in [0.15, 0.2) is 0 Å². The average Bonchev–Trinajstić information content (AvgIpc) is 2.29. The highest BCUT2D eigenvalue weighted by Gasteiger charge is 2.23. The van der Waals surface area contributed by atoms with Gasteiger partial charge < -0.3 is 0 Å². The monoisotopic (exact) mass is 210 g/mol. The zero-order chi connectivity index (χ0) is 11.1. The Morgan fingerprint density at radius 1 is 1.25 bits per heavy atom. The summed E-state index contributed by atoms with van der Waals surface area (Å²) in [6.07, 6.45) is 4.84. The molecule has 2 nitrogen and oxygen atoms in total. The van der Waals surface area contributed by atoms with Gasteiger partial charge in [-0.25, -0.2) is 0 Å². The lowest BCUT2D eigenvalue weighted by molar-refractivity contribution is 0.736. The Kier molecular flexibility index (Phi) is 2.03. The average molecular weight is 210 g/mol. The van der Waals surface area contributed by atoms with Crippen molar-refractivity contribution in [3.63, 3.8) is 0 Å². The van der Waals surface area contributed by atoms with Crippen LogP contribution in [-0.4, -0.2) is 9.97 Å². The molecule has 2 heteroatoms. The van der Waals surface area contributed by atoms with Gasteiger partial charge in [0.25, 0.3) is 0 Å². The van der Waals surface area contributed by atoms with Gasteiger partial charge in [0.1, 0.15) is 0 Å². The zero-order valence-corrected chi connectivity index (χ0v) is 9.57. The van der Waals surface area contributed by atoms with Crippen molar-refractivity contribution < 1.29 is 0 Å². The van der Waals surface area contributed by atoms with Crippen molar-refractivity contribution in [3.8, 4) is 11.4 Å². The zero-order valence-electron chi connectivity index (χ0n) is 9.57. The summed E-state index contributed by atoms with van der Waals surface area (Å²) in [5, 5.41) is 0. The first-order chi connectivity index (χ1) is 7.75. The van der Waals surface area contributed by atoms with Crippen LogP contribution in [0, 0.1) is 6.92 Å². The number of pyridine rings is 2. The number of fused-ring (bicyclic) bond motifs is 3. The molecule has 16 heavy (non-hydrogen) atoms. The summed E-state index contributed by atoms with van der Waals surface area (Å²) in [6.45, 7) is 4.35. The van der Waals surface area contributed by atoms with E-state index < -0.39 is 0 Å². The van der Waals surface area contributed by atoms with Gasteiger partial charge in [-0.3, -0.25) is 9.97 Å². The van der Waals surface area contributed by atoms with Gasteiger partial charge in [0.2, 0.25) is 0 Å². The second kappa shape index (κ2) is 3.41. The molecule has 2 aromatic heterocycles. The lowest BCUT2D eigenvalue weighted by Gasteiger charge is -2.23. The highest BCUT2D eigenvalue weighted by molar-refractivity contribution is 5.66. The van der Waals surface area contributed by atoms with E-state index in [1.807, 2.05) is 18.5 Å². The minimum atomic E-state index is 0.541. The molecule has 80 valence electrons. The highest BCUT2D eigenvalue weighted by atomic mass is 14.8. The van der Waals surface area contributed by atoms with Gasteiger partial charge in [-0.05, 0) is 42.0 Å². The predicted octanol–water partition coefficient (Wildman–Crippen LogP) is 3.11. The van der Waals surface area contributed by atoms with E-state index in [4.69, 9.17) is 0 Å². The fraction of sp³-hybridized carbons (Fsp3) is 0.286. The molecule has 0 bridgehead atoms. The van der Waals surface area contributed by atoms with Crippen molar-refractivity contribution in [3.05, 3.63) is 47.3 Å². The van der Waals surface area contributed by atoms with Crippen molar-refractivity contribution in [1.29, 1.82) is 0 Å². The van der Waals surface area contributed by atoms with Crippen molar-refractivity contribution in [2.75, 3.05) is 0 Å². The van der Waals surface area contributed by atoms with Crippen LogP contribution in [0.1, 0.15) is 29.5 Å². The molecule has 1 aliphatic carbocycles. The molecule has 1 unspecified atom stereocenters. The third-order valence-corrected chi connectivity index (χ3v) is 3.23. The lowest BCUT2D eigenvalue weighted by Crippen LogP contribution is -2.11. The van der Waals surface area contributed by atoms with Crippen LogP contribution in [0.25, 0.3) is 11.4 Å². The normalized spacial score (nSPS) is 17.8. The number of hydrogen-bond acceptors (Lipinski definition) is 2. The minimum Gasteiger partial charge on any atom is -0.254 e. The number of rotatable bonds is 0. The first-order valence-corrected chi connectivity index (χ1v) is 5.66. The first-order valence-electron chi connectivity index (χ1n) is 5.66. The Morgan fingerprint density at radius 2 is 2.12 bits per heavy atom. The summed E-state index contributed by atoms with van der Waals surface area (Å²) in [5.74, 6) is 0.541. The third kappa shape index (κ3) is 1.33. The molecule has 0 aromatic carbocycles. The summed E-state index contributed by atoms with van der Waals surface area (Å²) >= 11 is 0. The van der Waals surface area contributed by atoms with Gasteiger partial charge >= 0.3 is 0 Å². The summed E-state index contributed by atoms with van der Waals surface area (Å²) in [4.78, 5) is 9.01. The molecule has 0 N–H and O–H groups in total. The fourth-order valence-electron chi connectivity index (χ4n) is 2.42. The van der Waals surface area contributed by atoms with Crippen molar-refractivity contribution in [2.24, 2.45) is 0 Å². The maximum Gasteiger partial charge on any atom is 0.0923 e. The Labute approximate surface area is 95.4 Å². The molecule has 0 radical (unpaired) electrons. The summed E-state index contributed by atoms with van der Waals surface area (Å²) < 4.78 is 0. The number of nitrogens with zero attached hydrogens (tertiary/aromatic N) is 2. The maximum absolute atomic E-state index is 4.55. The molecule has 2 heterocycles. The van der Waals surface area contributed by atoms with Crippen LogP contribution in [0.3, 0.4) is 0 Å². The van der Waals surface area contributed by atoms with Crippen molar-refractivity contribution >= 4 is 0 Å². The Hall–Kier alpha value is -1.70. The van der Waals surface area contributed by atoms with Crippen molar-refractivity contribution in [2.45, 2.75) is 26.2 Å². The second-order valence-corrected chi connectivity index (χ2v) is 4.57. The molecule has 0 aliphatic heterocycles. The van der Waals surface area contributed by atoms with E-state index in [1.165, 1.54) is 16.7 Å². The molecule has 1 aliphatic rings. The largest absolute Gasteiger partial charge is 0.254 e. The lowest BCUT2D eigenvalue weighted by atomic mass is 9.84. The van der Waals surface area contributed by atoms with Crippen molar-refractivity contribution in [1.82, 2.24) is 9.97 Å². The number of aryl methyl sites for hydroxylation is 1. The van der Waals surface area contributed by atoms with E-state index in [-0.39, 0.29) is 0 Å². The molecule has 2 aromatic rings. The summed E-state index contributed by atoms with van der Waals surface area (Å²) in [7, 11) is 0. The predicted molar refractivity (Wildman–Crippen MR) is 64.3 cm³/mol. The molecular formula is C14H14N2. The molecule has 0 saturated heterocycles. The van der Waals surface area contributed by atoms with Gasteiger partial charge in [-0.15, -0.1) is 0 Å². The SMILES string of the molecule is Cc1cnc2c(c1)C(C)Cc1cccnc1-2. The van der Waals surface area contributed by atoms with Crippen LogP contribution in [-0.2, 0) is 6.42 Å². The fourth-order valence-corrected chi connectivity index (χ4v) is 2.42. The molecule has 1 atom stereocenters. The summed E-state index contributed by atoms with van der Waals surface area (Å²) in [5.41, 5.74) is 6.02. The van der Waals surface area contributed by atoms with Gasteiger partial charge in [-0.2, -0.15) is 0 Å². The first kappa shape index (κ1) is 9.52. The van der Waals surface area contributed by atoms with Crippen LogP contribution in [0.4, 0.5) is 0 Å². The number of hydrogen-bond donors (Lipinski definition) is 0. The molecule has 0 amide bonds. The maximum atomic E-state index is 4.55. The van der Waals surface area contributed by atoms with E-state index in [2.05, 4.69) is 35.9 Å². The van der Waals surface area contributed by atoms with Gasteiger partial charge in [0, 0.05) is 12.4 Å². The molecular weight excluding hydrogens is 196 g/mol. The standard InChI is InChI=1S/C14H14N2/c1-9-6-12-10(2)7-11-4-3-5-15-13(11)14(12)16-8-9/h3-6,8,10H,7H2,1-2H3. The smallest absolute Gasteiger partial charge is 0.0923 e. The van der Waals surface area contributed by atoms with Crippen LogP contribution >= 0.6 is 0 Å². The Balaban J connectivity index is 2.28. The molecule has 0 spiro atoms. The second-order valence-electron chi connectivity index (χ2n) is 4.57. The van der Waals surface area contributed by atoms with E-state index in [0.29, 0.717) is 5.92 Å². The van der Waals surface area contributed by atoms with Crippen LogP contribution in [0.15, 0.2) is 30.6 Å². The van der Waals surface area contributed by atoms with Crippen LogP contribution < -0.4 is 0 Å². The van der Waals surface area contributed by atoms with E-state index in [1.54, 1.807) is 0 Å². The minimum absolute atomic E-state index is 0.541. The van der Waals surface area contributed by atoms with Gasteiger partial charge in [0.05, 0.1) is 11.4 Å². The van der Waals surface area contributed by atoms with E-state index in [9.17, 15) is 0 Å². The quantitative estimate of drug-likeness (QED) is 0.667. The molecule has 3 rings (SSSR count). The molecule has 0 saturated carbocycles. The summed E-state index contributed by atoms with van der Waals surface area (Å²) in [6, 6.07) is 6.40. The van der Waals surface area contributed by atoms with Crippen LogP contribution in [0.2, 0.25) is 0 Å². The molecule has 0 fully saturated rings. The number of aromatic nitrogens is 2. The highest BCUT2D eigenvalue weighted by Crippen LogP contribution is 2.36. The Bertz CT molecular complexity index is 546. The van der Waals surface area contributed by atoms with Crippen LogP contribution in [0.5, 0.6) is 0 Å². The Morgan fingerprint density at radius 3 is 3.00 bits per heavy atom. The third-order valence-electron chi connectivity index (χ3n) is 3.23. The topological polar surface area (TPSA) is 25.8 Å². The van der Waals surface area contributed by atoms with E-state index >= 15 is 0 Å².